The highest BCUT2D eigenvalue weighted by atomic mass is 16.6. The predicted molar refractivity (Wildman–Crippen MR) is 65.9 cm³/mol. The molecule has 1 aliphatic heterocycles. The molecule has 1 unspecified atom stereocenters. The van der Waals surface area contributed by atoms with Gasteiger partial charge >= 0.3 is 6.09 Å². The molecule has 0 aromatic rings. The first kappa shape index (κ1) is 14.3. The lowest BCUT2D eigenvalue weighted by Gasteiger charge is -2.40. The third-order valence-electron chi connectivity index (χ3n) is 2.82. The topological polar surface area (TPSA) is 61.8 Å². The van der Waals surface area contributed by atoms with Gasteiger partial charge in [-0.2, -0.15) is 0 Å². The van der Waals surface area contributed by atoms with Gasteiger partial charge in [-0.05, 0) is 27.2 Å². The number of aliphatic hydroxyl groups is 1. The van der Waals surface area contributed by atoms with Crippen LogP contribution in [0, 0.1) is 0 Å². The van der Waals surface area contributed by atoms with Crippen molar-refractivity contribution in [2.75, 3.05) is 19.7 Å². The van der Waals surface area contributed by atoms with Crippen molar-refractivity contribution in [1.82, 2.24) is 10.2 Å². The molecule has 0 aromatic heterocycles. The number of hydrogen-bond donors (Lipinski definition) is 2. The summed E-state index contributed by atoms with van der Waals surface area (Å²) in [4.78, 5) is 13.8. The molecule has 1 heterocycles. The summed E-state index contributed by atoms with van der Waals surface area (Å²) in [7, 11) is 0. The zero-order valence-corrected chi connectivity index (χ0v) is 11.2. The standard InChI is InChI=1S/C12H24N2O3/c1-5-10-6-13-9(8-15)7-14(10)11(16)17-12(2,3)4/h9-10,13,15H,5-8H2,1-4H3/t9?,10-/m1/s1. The number of ether oxygens (including phenoxy) is 1. The Balaban J connectivity index is 2.66. The van der Waals surface area contributed by atoms with Crippen LogP contribution in [0.15, 0.2) is 0 Å². The van der Waals surface area contributed by atoms with Gasteiger partial charge in [-0.1, -0.05) is 6.92 Å². The predicted octanol–water partition coefficient (Wildman–Crippen LogP) is 0.966. The minimum absolute atomic E-state index is 0.0374. The Kier molecular flexibility index (Phi) is 4.77. The van der Waals surface area contributed by atoms with Crippen molar-refractivity contribution in [3.05, 3.63) is 0 Å². The van der Waals surface area contributed by atoms with Crippen molar-refractivity contribution < 1.29 is 14.6 Å². The number of nitrogens with zero attached hydrogens (tertiary/aromatic N) is 1. The van der Waals surface area contributed by atoms with Gasteiger partial charge in [0.2, 0.25) is 0 Å². The van der Waals surface area contributed by atoms with Crippen molar-refractivity contribution in [2.24, 2.45) is 0 Å². The minimum Gasteiger partial charge on any atom is -0.444 e. The summed E-state index contributed by atoms with van der Waals surface area (Å²) < 4.78 is 5.38. The molecule has 100 valence electrons. The SMILES string of the molecule is CC[C@@H]1CNC(CO)CN1C(=O)OC(C)(C)C. The van der Waals surface area contributed by atoms with E-state index >= 15 is 0 Å². The summed E-state index contributed by atoms with van der Waals surface area (Å²) in [6, 6.07) is 0.0953. The lowest BCUT2D eigenvalue weighted by atomic mass is 10.1. The van der Waals surface area contributed by atoms with E-state index in [1.807, 2.05) is 27.7 Å². The number of hydrogen-bond acceptors (Lipinski definition) is 4. The Bertz CT molecular complexity index is 263. The molecule has 1 rings (SSSR count). The van der Waals surface area contributed by atoms with Crippen LogP contribution in [0.3, 0.4) is 0 Å². The molecule has 2 atom stereocenters. The van der Waals surface area contributed by atoms with E-state index in [-0.39, 0.29) is 24.8 Å². The maximum atomic E-state index is 12.0. The molecule has 2 N–H and O–H groups in total. The van der Waals surface area contributed by atoms with Gasteiger partial charge < -0.3 is 20.1 Å². The van der Waals surface area contributed by atoms with Crippen LogP contribution in [0.2, 0.25) is 0 Å². The molecule has 0 spiro atoms. The van der Waals surface area contributed by atoms with E-state index in [4.69, 9.17) is 9.84 Å². The summed E-state index contributed by atoms with van der Waals surface area (Å²) in [6.07, 6.45) is 0.592. The van der Waals surface area contributed by atoms with Crippen molar-refractivity contribution >= 4 is 6.09 Å². The van der Waals surface area contributed by atoms with Crippen molar-refractivity contribution in [3.63, 3.8) is 0 Å². The van der Waals surface area contributed by atoms with Crippen molar-refractivity contribution in [3.8, 4) is 0 Å². The fourth-order valence-electron chi connectivity index (χ4n) is 1.90. The highest BCUT2D eigenvalue weighted by Gasteiger charge is 2.32. The molecule has 0 saturated carbocycles. The zero-order chi connectivity index (χ0) is 13.1. The first-order chi connectivity index (χ1) is 7.87. The molecule has 5 heteroatoms. The fraction of sp³-hybridized carbons (Fsp3) is 0.917. The van der Waals surface area contributed by atoms with E-state index in [0.717, 1.165) is 6.42 Å². The molecular weight excluding hydrogens is 220 g/mol. The molecule has 0 aliphatic carbocycles. The Morgan fingerprint density at radius 3 is 2.65 bits per heavy atom. The number of amides is 1. The maximum Gasteiger partial charge on any atom is 0.410 e. The van der Waals surface area contributed by atoms with E-state index < -0.39 is 5.60 Å². The van der Waals surface area contributed by atoms with Gasteiger partial charge in [-0.15, -0.1) is 0 Å². The van der Waals surface area contributed by atoms with Crippen molar-refractivity contribution in [2.45, 2.75) is 51.8 Å². The minimum atomic E-state index is -0.477. The third-order valence-corrected chi connectivity index (χ3v) is 2.82. The zero-order valence-electron chi connectivity index (χ0n) is 11.2. The van der Waals surface area contributed by atoms with Gasteiger partial charge in [-0.25, -0.2) is 4.79 Å². The monoisotopic (exact) mass is 244 g/mol. The average molecular weight is 244 g/mol. The number of nitrogens with one attached hydrogen (secondary N) is 1. The average Bonchev–Trinajstić information content (AvgIpc) is 2.25. The molecule has 1 amide bonds. The molecule has 1 fully saturated rings. The van der Waals surface area contributed by atoms with Gasteiger partial charge in [0, 0.05) is 25.2 Å². The Labute approximate surface area is 103 Å². The molecule has 0 bridgehead atoms. The van der Waals surface area contributed by atoms with E-state index in [1.165, 1.54) is 0 Å². The van der Waals surface area contributed by atoms with E-state index in [9.17, 15) is 4.79 Å². The van der Waals surface area contributed by atoms with Crippen LogP contribution in [0.5, 0.6) is 0 Å². The Hall–Kier alpha value is -0.810. The second-order valence-electron chi connectivity index (χ2n) is 5.48. The Morgan fingerprint density at radius 2 is 2.18 bits per heavy atom. The lowest BCUT2D eigenvalue weighted by Crippen LogP contribution is -2.59. The van der Waals surface area contributed by atoms with Gasteiger partial charge in [-0.3, -0.25) is 0 Å². The molecule has 1 saturated heterocycles. The van der Waals surface area contributed by atoms with E-state index in [1.54, 1.807) is 4.90 Å². The maximum absolute atomic E-state index is 12.0. The molecule has 5 nitrogen and oxygen atoms in total. The molecule has 1 aliphatic rings. The number of aliphatic hydroxyl groups excluding tert-OH is 1. The fourth-order valence-corrected chi connectivity index (χ4v) is 1.90. The largest absolute Gasteiger partial charge is 0.444 e. The number of carbonyl (C=O) groups is 1. The molecule has 17 heavy (non-hydrogen) atoms. The normalized spacial score (nSPS) is 25.8. The van der Waals surface area contributed by atoms with Crippen LogP contribution in [0.25, 0.3) is 0 Å². The number of carbonyl (C=O) groups excluding carboxylic acids is 1. The van der Waals surface area contributed by atoms with Crippen LogP contribution >= 0.6 is 0 Å². The van der Waals surface area contributed by atoms with E-state index in [2.05, 4.69) is 5.32 Å². The van der Waals surface area contributed by atoms with Gasteiger partial charge in [0.25, 0.3) is 0 Å². The number of rotatable bonds is 2. The van der Waals surface area contributed by atoms with Crippen LogP contribution in [-0.4, -0.2) is 53.5 Å². The quantitative estimate of drug-likeness (QED) is 0.759. The van der Waals surface area contributed by atoms with Crippen LogP contribution < -0.4 is 5.32 Å². The summed E-state index contributed by atoms with van der Waals surface area (Å²) in [6.45, 7) is 8.87. The summed E-state index contributed by atoms with van der Waals surface area (Å²) in [5, 5.41) is 12.4. The van der Waals surface area contributed by atoms with Crippen molar-refractivity contribution in [1.29, 1.82) is 0 Å². The van der Waals surface area contributed by atoms with Gasteiger partial charge in [0.15, 0.2) is 0 Å². The molecule has 0 radical (unpaired) electrons. The second-order valence-corrected chi connectivity index (χ2v) is 5.48. The number of piperazine rings is 1. The first-order valence-corrected chi connectivity index (χ1v) is 6.21. The second kappa shape index (κ2) is 5.69. The highest BCUT2D eigenvalue weighted by molar-refractivity contribution is 5.68. The Morgan fingerprint density at radius 1 is 1.53 bits per heavy atom. The van der Waals surface area contributed by atoms with Crippen LogP contribution in [-0.2, 0) is 4.74 Å². The van der Waals surface area contributed by atoms with Crippen LogP contribution in [0.4, 0.5) is 4.79 Å². The highest BCUT2D eigenvalue weighted by Crippen LogP contribution is 2.16. The van der Waals surface area contributed by atoms with Gasteiger partial charge in [0.1, 0.15) is 5.60 Å². The molecular formula is C12H24N2O3. The summed E-state index contributed by atoms with van der Waals surface area (Å²) >= 11 is 0. The summed E-state index contributed by atoms with van der Waals surface area (Å²) in [5.74, 6) is 0. The summed E-state index contributed by atoms with van der Waals surface area (Å²) in [5.41, 5.74) is -0.477. The van der Waals surface area contributed by atoms with E-state index in [0.29, 0.717) is 13.1 Å². The molecule has 0 aromatic carbocycles. The van der Waals surface area contributed by atoms with Crippen LogP contribution in [0.1, 0.15) is 34.1 Å². The third kappa shape index (κ3) is 4.16. The van der Waals surface area contributed by atoms with Gasteiger partial charge in [0.05, 0.1) is 6.61 Å². The smallest absolute Gasteiger partial charge is 0.410 e. The first-order valence-electron chi connectivity index (χ1n) is 6.21. The lowest BCUT2D eigenvalue weighted by molar-refractivity contribution is 0.00407.